The molecule has 1 saturated heterocycles. The van der Waals surface area contributed by atoms with Gasteiger partial charge in [-0.05, 0) is 49.2 Å². The van der Waals surface area contributed by atoms with Gasteiger partial charge in [-0.25, -0.2) is 4.39 Å². The molecule has 0 bridgehead atoms. The molecule has 0 radical (unpaired) electrons. The predicted molar refractivity (Wildman–Crippen MR) is 82.1 cm³/mol. The van der Waals surface area contributed by atoms with Crippen molar-refractivity contribution in [3.8, 4) is 5.75 Å². The standard InChI is InChI=1S/C18H20FNO/c19-18(10-12-20-13-11-18)16-6-8-17(9-7-16)21-14-15-4-2-1-3-5-15/h1-9,20H,10-14H2. The molecule has 0 spiro atoms. The number of hydrogen-bond donors (Lipinski definition) is 1. The van der Waals surface area contributed by atoms with Gasteiger partial charge in [-0.2, -0.15) is 0 Å². The first-order valence-electron chi connectivity index (χ1n) is 7.43. The van der Waals surface area contributed by atoms with Crippen LogP contribution in [-0.4, -0.2) is 13.1 Å². The van der Waals surface area contributed by atoms with E-state index in [1.54, 1.807) is 0 Å². The normalized spacial score (nSPS) is 17.4. The number of piperidine rings is 1. The Hall–Kier alpha value is -1.87. The summed E-state index contributed by atoms with van der Waals surface area (Å²) in [5.41, 5.74) is 0.696. The molecule has 2 nitrogen and oxygen atoms in total. The van der Waals surface area contributed by atoms with Crippen molar-refractivity contribution >= 4 is 0 Å². The lowest BCUT2D eigenvalue weighted by atomic mass is 9.87. The van der Waals surface area contributed by atoms with Gasteiger partial charge in [-0.15, -0.1) is 0 Å². The highest BCUT2D eigenvalue weighted by atomic mass is 19.1. The topological polar surface area (TPSA) is 21.3 Å². The molecule has 0 saturated carbocycles. The Morgan fingerprint density at radius 2 is 1.62 bits per heavy atom. The summed E-state index contributed by atoms with van der Waals surface area (Å²) in [6.45, 7) is 2.01. The highest BCUT2D eigenvalue weighted by molar-refractivity contribution is 5.31. The summed E-state index contributed by atoms with van der Waals surface area (Å²) in [7, 11) is 0. The SMILES string of the molecule is FC1(c2ccc(OCc3ccccc3)cc2)CCNCC1. The molecule has 110 valence electrons. The fourth-order valence-corrected chi connectivity index (χ4v) is 2.70. The summed E-state index contributed by atoms with van der Waals surface area (Å²) >= 11 is 0. The molecule has 0 amide bonds. The number of ether oxygens (including phenoxy) is 1. The van der Waals surface area contributed by atoms with Gasteiger partial charge in [0.1, 0.15) is 18.0 Å². The lowest BCUT2D eigenvalue weighted by Gasteiger charge is -2.30. The van der Waals surface area contributed by atoms with Crippen molar-refractivity contribution in [3.05, 3.63) is 65.7 Å². The molecule has 3 rings (SSSR count). The molecule has 1 N–H and O–H groups in total. The van der Waals surface area contributed by atoms with Gasteiger partial charge in [-0.1, -0.05) is 42.5 Å². The average molecular weight is 285 g/mol. The maximum absolute atomic E-state index is 14.8. The first-order valence-corrected chi connectivity index (χ1v) is 7.43. The van der Waals surface area contributed by atoms with E-state index in [4.69, 9.17) is 4.74 Å². The molecule has 3 heteroatoms. The van der Waals surface area contributed by atoms with Crippen LogP contribution in [0.5, 0.6) is 5.75 Å². The van der Waals surface area contributed by atoms with Crippen molar-refractivity contribution in [2.45, 2.75) is 25.1 Å². The van der Waals surface area contributed by atoms with Crippen LogP contribution in [0, 0.1) is 0 Å². The van der Waals surface area contributed by atoms with Gasteiger partial charge in [0.2, 0.25) is 0 Å². The Kier molecular flexibility index (Phi) is 4.20. The molecule has 0 aromatic heterocycles. The molecule has 0 atom stereocenters. The predicted octanol–water partition coefficient (Wildman–Crippen LogP) is 3.81. The molecule has 2 aromatic rings. The second-order valence-electron chi connectivity index (χ2n) is 5.51. The van der Waals surface area contributed by atoms with Crippen LogP contribution in [-0.2, 0) is 12.3 Å². The fourth-order valence-electron chi connectivity index (χ4n) is 2.70. The number of nitrogens with one attached hydrogen (secondary N) is 1. The Morgan fingerprint density at radius 1 is 0.952 bits per heavy atom. The third-order valence-corrected chi connectivity index (χ3v) is 4.02. The largest absolute Gasteiger partial charge is 0.489 e. The van der Waals surface area contributed by atoms with Gasteiger partial charge in [0.15, 0.2) is 0 Å². The van der Waals surface area contributed by atoms with E-state index in [1.807, 2.05) is 54.6 Å². The average Bonchev–Trinajstić information content (AvgIpc) is 2.55. The summed E-state index contributed by atoms with van der Waals surface area (Å²) in [6.07, 6.45) is 1.08. The van der Waals surface area contributed by atoms with Gasteiger partial charge >= 0.3 is 0 Å². The Morgan fingerprint density at radius 3 is 2.29 bits per heavy atom. The van der Waals surface area contributed by atoms with Crippen LogP contribution in [0.25, 0.3) is 0 Å². The van der Waals surface area contributed by atoms with Crippen LogP contribution in [0.15, 0.2) is 54.6 Å². The highest BCUT2D eigenvalue weighted by Gasteiger charge is 2.33. The van der Waals surface area contributed by atoms with Crippen molar-refractivity contribution < 1.29 is 9.13 Å². The summed E-state index contributed by atoms with van der Waals surface area (Å²) in [5, 5.41) is 3.19. The minimum atomic E-state index is -1.19. The number of alkyl halides is 1. The van der Waals surface area contributed by atoms with E-state index in [9.17, 15) is 4.39 Å². The van der Waals surface area contributed by atoms with E-state index < -0.39 is 5.67 Å². The van der Waals surface area contributed by atoms with E-state index in [-0.39, 0.29) is 0 Å². The van der Waals surface area contributed by atoms with Crippen LogP contribution in [0.3, 0.4) is 0 Å². The second-order valence-corrected chi connectivity index (χ2v) is 5.51. The summed E-state index contributed by atoms with van der Waals surface area (Å²) in [6, 6.07) is 17.5. The zero-order chi connectivity index (χ0) is 14.5. The van der Waals surface area contributed by atoms with E-state index in [2.05, 4.69) is 5.32 Å². The molecule has 2 aromatic carbocycles. The molecule has 0 aliphatic carbocycles. The van der Waals surface area contributed by atoms with Gasteiger partial charge in [0.25, 0.3) is 0 Å². The summed E-state index contributed by atoms with van der Waals surface area (Å²) < 4.78 is 20.5. The van der Waals surface area contributed by atoms with E-state index >= 15 is 0 Å². The smallest absolute Gasteiger partial charge is 0.138 e. The zero-order valence-electron chi connectivity index (χ0n) is 12.0. The number of rotatable bonds is 4. The number of benzene rings is 2. The molecule has 1 heterocycles. The van der Waals surface area contributed by atoms with Crippen molar-refractivity contribution in [3.63, 3.8) is 0 Å². The first-order chi connectivity index (χ1) is 10.3. The monoisotopic (exact) mass is 285 g/mol. The quantitative estimate of drug-likeness (QED) is 0.922. The minimum absolute atomic E-state index is 0.533. The van der Waals surface area contributed by atoms with Gasteiger partial charge < -0.3 is 10.1 Å². The second kappa shape index (κ2) is 6.27. The minimum Gasteiger partial charge on any atom is -0.489 e. The molecule has 21 heavy (non-hydrogen) atoms. The van der Waals surface area contributed by atoms with Gasteiger partial charge in [0.05, 0.1) is 0 Å². The third kappa shape index (κ3) is 3.42. The lowest BCUT2D eigenvalue weighted by Crippen LogP contribution is -2.36. The Labute approximate surface area is 125 Å². The van der Waals surface area contributed by atoms with Crippen molar-refractivity contribution in [1.29, 1.82) is 0 Å². The summed E-state index contributed by atoms with van der Waals surface area (Å²) in [5.74, 6) is 0.778. The van der Waals surface area contributed by atoms with Gasteiger partial charge in [0, 0.05) is 0 Å². The van der Waals surface area contributed by atoms with Crippen LogP contribution in [0.4, 0.5) is 4.39 Å². The van der Waals surface area contributed by atoms with Crippen molar-refractivity contribution in [1.82, 2.24) is 5.32 Å². The molecule has 1 aliphatic rings. The maximum atomic E-state index is 14.8. The molecule has 0 unspecified atom stereocenters. The lowest BCUT2D eigenvalue weighted by molar-refractivity contribution is 0.115. The Balaban J connectivity index is 1.64. The molecule has 1 aliphatic heterocycles. The van der Waals surface area contributed by atoms with E-state index in [1.165, 1.54) is 0 Å². The van der Waals surface area contributed by atoms with Crippen LogP contribution >= 0.6 is 0 Å². The van der Waals surface area contributed by atoms with Crippen LogP contribution < -0.4 is 10.1 Å². The molecular formula is C18H20FNO. The molecule has 1 fully saturated rings. The highest BCUT2D eigenvalue weighted by Crippen LogP contribution is 2.35. The first kappa shape index (κ1) is 14.1. The van der Waals surface area contributed by atoms with Crippen LogP contribution in [0.2, 0.25) is 0 Å². The number of hydrogen-bond acceptors (Lipinski definition) is 2. The maximum Gasteiger partial charge on any atom is 0.138 e. The fraction of sp³-hybridized carbons (Fsp3) is 0.333. The molecular weight excluding hydrogens is 265 g/mol. The van der Waals surface area contributed by atoms with E-state index in [0.29, 0.717) is 19.4 Å². The van der Waals surface area contributed by atoms with Gasteiger partial charge in [-0.3, -0.25) is 0 Å². The Bertz CT molecular complexity index is 562. The number of halogens is 1. The zero-order valence-corrected chi connectivity index (χ0v) is 12.0. The third-order valence-electron chi connectivity index (χ3n) is 4.02. The van der Waals surface area contributed by atoms with E-state index in [0.717, 1.165) is 30.0 Å². The summed E-state index contributed by atoms with van der Waals surface area (Å²) in [4.78, 5) is 0. The van der Waals surface area contributed by atoms with Crippen molar-refractivity contribution in [2.75, 3.05) is 13.1 Å². The van der Waals surface area contributed by atoms with Crippen molar-refractivity contribution in [2.24, 2.45) is 0 Å². The van der Waals surface area contributed by atoms with Crippen LogP contribution in [0.1, 0.15) is 24.0 Å².